The van der Waals surface area contributed by atoms with E-state index >= 15 is 0 Å². The van der Waals surface area contributed by atoms with E-state index in [4.69, 9.17) is 10.4 Å². The Labute approximate surface area is 93.5 Å². The van der Waals surface area contributed by atoms with Crippen molar-refractivity contribution in [2.75, 3.05) is 0 Å². The van der Waals surface area contributed by atoms with Gasteiger partial charge in [-0.15, -0.1) is 11.3 Å². The average Bonchev–Trinajstić information content (AvgIpc) is 2.57. The van der Waals surface area contributed by atoms with Gasteiger partial charge in [-0.2, -0.15) is 5.26 Å². The first-order chi connectivity index (χ1) is 6.77. The molecule has 0 unspecified atom stereocenters. The van der Waals surface area contributed by atoms with Gasteiger partial charge in [0.2, 0.25) is 0 Å². The molecule has 2 aromatic rings. The van der Waals surface area contributed by atoms with Gasteiger partial charge in [0.25, 0.3) is 0 Å². The van der Waals surface area contributed by atoms with Crippen LogP contribution in [0.1, 0.15) is 10.4 Å². The minimum absolute atomic E-state index is 0.0747. The van der Waals surface area contributed by atoms with Crippen LogP contribution < -0.4 is 0 Å². The third kappa shape index (κ3) is 1.34. The second-order valence-electron chi connectivity index (χ2n) is 2.79. The van der Waals surface area contributed by atoms with Crippen LogP contribution in [0.25, 0.3) is 10.1 Å². The molecule has 0 fully saturated rings. The fraction of sp³-hybridized carbons (Fsp3) is 0.100. The number of aliphatic hydroxyl groups is 1. The third-order valence-corrected chi connectivity index (χ3v) is 4.14. The van der Waals surface area contributed by atoms with E-state index in [1.54, 1.807) is 0 Å². The molecule has 0 spiro atoms. The summed E-state index contributed by atoms with van der Waals surface area (Å²) in [6, 6.07) is 7.85. The molecule has 2 nitrogen and oxygen atoms in total. The molecule has 0 saturated heterocycles. The van der Waals surface area contributed by atoms with E-state index in [0.29, 0.717) is 5.56 Å². The number of nitriles is 1. The van der Waals surface area contributed by atoms with Crippen LogP contribution >= 0.6 is 27.3 Å². The lowest BCUT2D eigenvalue weighted by Gasteiger charge is -1.91. The lowest BCUT2D eigenvalue weighted by atomic mass is 10.1. The molecular formula is C10H6BrNOS. The van der Waals surface area contributed by atoms with Crippen LogP contribution in [0, 0.1) is 11.3 Å². The first-order valence-electron chi connectivity index (χ1n) is 3.98. The monoisotopic (exact) mass is 267 g/mol. The zero-order valence-electron chi connectivity index (χ0n) is 7.12. The molecule has 0 aliphatic heterocycles. The predicted molar refractivity (Wildman–Crippen MR) is 60.2 cm³/mol. The quantitative estimate of drug-likeness (QED) is 0.863. The van der Waals surface area contributed by atoms with Crippen molar-refractivity contribution in [2.24, 2.45) is 0 Å². The first kappa shape index (κ1) is 9.66. The van der Waals surface area contributed by atoms with Crippen molar-refractivity contribution < 1.29 is 5.11 Å². The fourth-order valence-electron chi connectivity index (χ4n) is 1.37. The van der Waals surface area contributed by atoms with Crippen LogP contribution in [0.3, 0.4) is 0 Å². The Balaban J connectivity index is 2.88. The van der Waals surface area contributed by atoms with Gasteiger partial charge in [-0.1, -0.05) is 12.1 Å². The van der Waals surface area contributed by atoms with Crippen LogP contribution in [0.4, 0.5) is 0 Å². The third-order valence-electron chi connectivity index (χ3n) is 2.00. The second-order valence-corrected chi connectivity index (χ2v) is 4.75. The van der Waals surface area contributed by atoms with Gasteiger partial charge in [0.05, 0.1) is 16.9 Å². The normalized spacial score (nSPS) is 10.4. The molecular weight excluding hydrogens is 262 g/mol. The Bertz CT molecular complexity index is 527. The Morgan fingerprint density at radius 1 is 1.50 bits per heavy atom. The molecule has 0 atom stereocenters. The Morgan fingerprint density at radius 3 is 2.93 bits per heavy atom. The van der Waals surface area contributed by atoms with Gasteiger partial charge in [0.15, 0.2) is 0 Å². The molecule has 1 aromatic carbocycles. The lowest BCUT2D eigenvalue weighted by molar-refractivity contribution is 0.285. The summed E-state index contributed by atoms with van der Waals surface area (Å²) < 4.78 is 1.99. The van der Waals surface area contributed by atoms with Crippen molar-refractivity contribution in [3.8, 4) is 6.07 Å². The Morgan fingerprint density at radius 2 is 2.29 bits per heavy atom. The summed E-state index contributed by atoms with van der Waals surface area (Å²) >= 11 is 4.88. The highest BCUT2D eigenvalue weighted by Crippen LogP contribution is 2.35. The van der Waals surface area contributed by atoms with Gasteiger partial charge in [-0.3, -0.25) is 0 Å². The van der Waals surface area contributed by atoms with E-state index in [-0.39, 0.29) is 6.61 Å². The molecule has 0 radical (unpaired) electrons. The van der Waals surface area contributed by atoms with E-state index in [2.05, 4.69) is 22.0 Å². The summed E-state index contributed by atoms with van der Waals surface area (Å²) in [6.45, 7) is -0.0747. The highest BCUT2D eigenvalue weighted by atomic mass is 79.9. The van der Waals surface area contributed by atoms with Gasteiger partial charge in [0, 0.05) is 14.7 Å². The SMILES string of the molecule is N#Cc1c(CO)sc2c(Br)cccc12. The molecule has 0 aliphatic carbocycles. The van der Waals surface area contributed by atoms with Gasteiger partial charge in [-0.25, -0.2) is 0 Å². The maximum atomic E-state index is 9.09. The Kier molecular flexibility index (Phi) is 2.55. The standard InChI is InChI=1S/C10H6BrNOS/c11-8-3-1-2-6-7(4-12)9(5-13)14-10(6)8/h1-3,13H,5H2. The number of hydrogen-bond acceptors (Lipinski definition) is 3. The summed E-state index contributed by atoms with van der Waals surface area (Å²) in [4.78, 5) is 0.731. The maximum absolute atomic E-state index is 9.09. The highest BCUT2D eigenvalue weighted by molar-refractivity contribution is 9.10. The van der Waals surface area contributed by atoms with E-state index in [1.807, 2.05) is 18.2 Å². The number of aliphatic hydroxyl groups excluding tert-OH is 1. The van der Waals surface area contributed by atoms with Gasteiger partial charge in [0.1, 0.15) is 6.07 Å². The van der Waals surface area contributed by atoms with Crippen LogP contribution in [-0.2, 0) is 6.61 Å². The molecule has 70 valence electrons. The van der Waals surface area contributed by atoms with Crippen LogP contribution in [0.15, 0.2) is 22.7 Å². The molecule has 0 amide bonds. The average molecular weight is 268 g/mol. The lowest BCUT2D eigenvalue weighted by Crippen LogP contribution is -1.80. The van der Waals surface area contributed by atoms with Crippen molar-refractivity contribution in [1.29, 1.82) is 5.26 Å². The number of rotatable bonds is 1. The van der Waals surface area contributed by atoms with E-state index in [9.17, 15) is 0 Å². The maximum Gasteiger partial charge on any atom is 0.101 e. The fourth-order valence-corrected chi connectivity index (χ4v) is 2.99. The molecule has 0 saturated carbocycles. The highest BCUT2D eigenvalue weighted by Gasteiger charge is 2.12. The topological polar surface area (TPSA) is 44.0 Å². The minimum atomic E-state index is -0.0747. The smallest absolute Gasteiger partial charge is 0.101 e. The van der Waals surface area contributed by atoms with E-state index < -0.39 is 0 Å². The van der Waals surface area contributed by atoms with E-state index in [0.717, 1.165) is 19.4 Å². The largest absolute Gasteiger partial charge is 0.391 e. The van der Waals surface area contributed by atoms with Crippen molar-refractivity contribution in [3.05, 3.63) is 33.1 Å². The van der Waals surface area contributed by atoms with Crippen LogP contribution in [0.5, 0.6) is 0 Å². The molecule has 0 aliphatic rings. The summed E-state index contributed by atoms with van der Waals surface area (Å²) in [5.41, 5.74) is 0.591. The van der Waals surface area contributed by atoms with Gasteiger partial charge < -0.3 is 5.11 Å². The van der Waals surface area contributed by atoms with Crippen molar-refractivity contribution in [2.45, 2.75) is 6.61 Å². The molecule has 1 heterocycles. The van der Waals surface area contributed by atoms with Gasteiger partial charge in [-0.05, 0) is 22.0 Å². The molecule has 14 heavy (non-hydrogen) atoms. The zero-order chi connectivity index (χ0) is 10.1. The molecule has 4 heteroatoms. The molecule has 2 rings (SSSR count). The number of nitrogens with zero attached hydrogens (tertiary/aromatic N) is 1. The van der Waals surface area contributed by atoms with Crippen molar-refractivity contribution >= 4 is 37.4 Å². The summed E-state index contributed by atoms with van der Waals surface area (Å²) in [5.74, 6) is 0. The Hall–Kier alpha value is -0.890. The molecule has 1 N–H and O–H groups in total. The predicted octanol–water partition coefficient (Wildman–Crippen LogP) is 3.03. The molecule has 0 bridgehead atoms. The summed E-state index contributed by atoms with van der Waals surface area (Å²) in [7, 11) is 0. The second kappa shape index (κ2) is 3.70. The molecule has 1 aromatic heterocycles. The summed E-state index contributed by atoms with van der Waals surface area (Å²) in [5, 5.41) is 19.0. The number of halogens is 1. The van der Waals surface area contributed by atoms with E-state index in [1.165, 1.54) is 11.3 Å². The summed E-state index contributed by atoms with van der Waals surface area (Å²) in [6.07, 6.45) is 0. The minimum Gasteiger partial charge on any atom is -0.391 e. The van der Waals surface area contributed by atoms with Crippen molar-refractivity contribution in [3.63, 3.8) is 0 Å². The first-order valence-corrected chi connectivity index (χ1v) is 5.59. The van der Waals surface area contributed by atoms with Gasteiger partial charge >= 0.3 is 0 Å². The zero-order valence-corrected chi connectivity index (χ0v) is 9.52. The van der Waals surface area contributed by atoms with Crippen LogP contribution in [-0.4, -0.2) is 5.11 Å². The number of hydrogen-bond donors (Lipinski definition) is 1. The number of thiophene rings is 1. The van der Waals surface area contributed by atoms with Crippen molar-refractivity contribution in [1.82, 2.24) is 0 Å². The number of benzene rings is 1. The van der Waals surface area contributed by atoms with Crippen LogP contribution in [0.2, 0.25) is 0 Å². The number of fused-ring (bicyclic) bond motifs is 1.